The minimum absolute atomic E-state index is 0.138. The van der Waals surface area contributed by atoms with E-state index in [2.05, 4.69) is 5.32 Å². The Labute approximate surface area is 139 Å². The fourth-order valence-corrected chi connectivity index (χ4v) is 2.57. The van der Waals surface area contributed by atoms with Gasteiger partial charge in [-0.2, -0.15) is 0 Å². The van der Waals surface area contributed by atoms with Gasteiger partial charge in [-0.15, -0.1) is 0 Å². The van der Waals surface area contributed by atoms with Crippen molar-refractivity contribution in [1.82, 2.24) is 5.32 Å². The lowest BCUT2D eigenvalue weighted by Crippen LogP contribution is -2.28. The van der Waals surface area contributed by atoms with Crippen molar-refractivity contribution in [3.05, 3.63) is 84.0 Å². The normalized spacial score (nSPS) is 10.9. The number of halogens is 1. The van der Waals surface area contributed by atoms with Crippen LogP contribution in [-0.2, 0) is 11.2 Å². The lowest BCUT2D eigenvalue weighted by Gasteiger charge is -2.13. The molecule has 0 aliphatic heterocycles. The maximum Gasteiger partial charge on any atom is 0.220 e. The van der Waals surface area contributed by atoms with E-state index in [9.17, 15) is 9.18 Å². The van der Waals surface area contributed by atoms with Crippen molar-refractivity contribution in [2.45, 2.75) is 18.8 Å². The van der Waals surface area contributed by atoms with Crippen LogP contribution in [-0.4, -0.2) is 12.5 Å². The maximum absolute atomic E-state index is 13.6. The van der Waals surface area contributed by atoms with Crippen molar-refractivity contribution in [3.63, 3.8) is 0 Å². The largest absolute Gasteiger partial charge is 0.469 e. The summed E-state index contributed by atoms with van der Waals surface area (Å²) in [5.41, 5.74) is 0.543. The first-order valence-corrected chi connectivity index (χ1v) is 7.81. The van der Waals surface area contributed by atoms with Gasteiger partial charge in [0.15, 0.2) is 0 Å². The molecule has 0 fully saturated rings. The molecule has 0 radical (unpaired) electrons. The lowest BCUT2D eigenvalue weighted by molar-refractivity contribution is -0.121. The summed E-state index contributed by atoms with van der Waals surface area (Å²) in [6, 6.07) is 13.8. The zero-order chi connectivity index (χ0) is 16.8. The molecule has 1 aromatic carbocycles. The highest BCUT2D eigenvalue weighted by Crippen LogP contribution is 2.24. The van der Waals surface area contributed by atoms with E-state index in [0.717, 1.165) is 11.5 Å². The molecule has 5 heteroatoms. The summed E-state index contributed by atoms with van der Waals surface area (Å²) in [5.74, 6) is 0.835. The molecule has 1 amide bonds. The average Bonchev–Trinajstić information content (AvgIpc) is 3.28. The Balaban J connectivity index is 1.57. The molecule has 24 heavy (non-hydrogen) atoms. The number of furan rings is 2. The van der Waals surface area contributed by atoms with Gasteiger partial charge in [0.2, 0.25) is 5.91 Å². The molecule has 1 N–H and O–H groups in total. The summed E-state index contributed by atoms with van der Waals surface area (Å²) in [7, 11) is 0. The molecule has 0 atom stereocenters. The lowest BCUT2D eigenvalue weighted by atomic mass is 10.0. The van der Waals surface area contributed by atoms with Crippen LogP contribution in [0.25, 0.3) is 0 Å². The molecule has 0 aliphatic carbocycles. The molecule has 0 saturated carbocycles. The SMILES string of the molecule is O=C(CCc1ccccc1F)NCC(c1ccco1)c1ccco1. The Morgan fingerprint density at radius 2 is 1.67 bits per heavy atom. The molecular formula is C19H18FNO3. The molecule has 0 saturated heterocycles. The van der Waals surface area contributed by atoms with Gasteiger partial charge in [-0.25, -0.2) is 4.39 Å². The minimum Gasteiger partial charge on any atom is -0.469 e. The number of nitrogens with one attached hydrogen (secondary N) is 1. The zero-order valence-corrected chi connectivity index (χ0v) is 13.1. The van der Waals surface area contributed by atoms with Crippen molar-refractivity contribution < 1.29 is 18.0 Å². The summed E-state index contributed by atoms with van der Waals surface area (Å²) in [4.78, 5) is 12.1. The van der Waals surface area contributed by atoms with E-state index in [0.29, 0.717) is 18.5 Å². The van der Waals surface area contributed by atoms with Gasteiger partial charge >= 0.3 is 0 Å². The molecule has 3 rings (SSSR count). The van der Waals surface area contributed by atoms with E-state index in [4.69, 9.17) is 8.83 Å². The van der Waals surface area contributed by atoms with E-state index in [1.807, 2.05) is 12.1 Å². The van der Waals surface area contributed by atoms with Gasteiger partial charge in [0.25, 0.3) is 0 Å². The number of hydrogen-bond acceptors (Lipinski definition) is 3. The van der Waals surface area contributed by atoms with Crippen LogP contribution in [0.1, 0.15) is 29.4 Å². The van der Waals surface area contributed by atoms with Crippen molar-refractivity contribution in [2.24, 2.45) is 0 Å². The highest BCUT2D eigenvalue weighted by Gasteiger charge is 2.20. The summed E-state index contributed by atoms with van der Waals surface area (Å²) in [6.45, 7) is 0.358. The summed E-state index contributed by atoms with van der Waals surface area (Å²) >= 11 is 0. The third-order valence-corrected chi connectivity index (χ3v) is 3.86. The Morgan fingerprint density at radius 1 is 1.00 bits per heavy atom. The van der Waals surface area contributed by atoms with Crippen molar-refractivity contribution in [1.29, 1.82) is 0 Å². The number of rotatable bonds is 7. The molecule has 0 aliphatic rings. The first-order chi connectivity index (χ1) is 11.7. The molecule has 0 bridgehead atoms. The van der Waals surface area contributed by atoms with Crippen LogP contribution in [0, 0.1) is 5.82 Å². The Hall–Kier alpha value is -2.82. The monoisotopic (exact) mass is 327 g/mol. The van der Waals surface area contributed by atoms with Crippen molar-refractivity contribution in [2.75, 3.05) is 6.54 Å². The van der Waals surface area contributed by atoms with Crippen molar-refractivity contribution >= 4 is 5.91 Å². The van der Waals surface area contributed by atoms with E-state index in [1.54, 1.807) is 42.9 Å². The van der Waals surface area contributed by atoms with E-state index in [-0.39, 0.29) is 24.1 Å². The summed E-state index contributed by atoms with van der Waals surface area (Å²) < 4.78 is 24.4. The molecule has 2 heterocycles. The highest BCUT2D eigenvalue weighted by molar-refractivity contribution is 5.76. The van der Waals surface area contributed by atoms with Crippen LogP contribution in [0.3, 0.4) is 0 Å². The quantitative estimate of drug-likeness (QED) is 0.716. The van der Waals surface area contributed by atoms with Gasteiger partial charge in [-0.05, 0) is 42.3 Å². The van der Waals surface area contributed by atoms with E-state index >= 15 is 0 Å². The molecule has 2 aromatic heterocycles. The Kier molecular flexibility index (Phi) is 5.11. The predicted molar refractivity (Wildman–Crippen MR) is 87.0 cm³/mol. The highest BCUT2D eigenvalue weighted by atomic mass is 19.1. The Bertz CT molecular complexity index is 732. The van der Waals surface area contributed by atoms with Crippen molar-refractivity contribution in [3.8, 4) is 0 Å². The van der Waals surface area contributed by atoms with Gasteiger partial charge in [0.1, 0.15) is 17.3 Å². The molecule has 0 spiro atoms. The third-order valence-electron chi connectivity index (χ3n) is 3.86. The minimum atomic E-state index is -0.283. The number of benzene rings is 1. The van der Waals surface area contributed by atoms with Gasteiger partial charge < -0.3 is 14.2 Å². The van der Waals surface area contributed by atoms with Gasteiger partial charge in [0, 0.05) is 13.0 Å². The van der Waals surface area contributed by atoms with Gasteiger partial charge in [-0.1, -0.05) is 18.2 Å². The summed E-state index contributed by atoms with van der Waals surface area (Å²) in [5, 5.41) is 2.87. The van der Waals surface area contributed by atoms with Crippen LogP contribution in [0.5, 0.6) is 0 Å². The third kappa shape index (κ3) is 3.93. The van der Waals surface area contributed by atoms with Gasteiger partial charge in [0.05, 0.1) is 18.4 Å². The fourth-order valence-electron chi connectivity index (χ4n) is 2.57. The second-order valence-corrected chi connectivity index (χ2v) is 5.48. The topological polar surface area (TPSA) is 55.4 Å². The summed E-state index contributed by atoms with van der Waals surface area (Å²) in [6.07, 6.45) is 3.77. The maximum atomic E-state index is 13.6. The number of amides is 1. The zero-order valence-electron chi connectivity index (χ0n) is 13.1. The van der Waals surface area contributed by atoms with E-state index < -0.39 is 0 Å². The van der Waals surface area contributed by atoms with Crippen LogP contribution in [0.2, 0.25) is 0 Å². The predicted octanol–water partition coefficient (Wildman–Crippen LogP) is 3.89. The molecule has 124 valence electrons. The molecule has 3 aromatic rings. The second-order valence-electron chi connectivity index (χ2n) is 5.48. The number of carbonyl (C=O) groups is 1. The van der Waals surface area contributed by atoms with Crippen LogP contribution >= 0.6 is 0 Å². The first kappa shape index (κ1) is 16.1. The van der Waals surface area contributed by atoms with Crippen LogP contribution in [0.15, 0.2) is 69.9 Å². The van der Waals surface area contributed by atoms with Crippen LogP contribution < -0.4 is 5.32 Å². The van der Waals surface area contributed by atoms with E-state index in [1.165, 1.54) is 6.07 Å². The number of carbonyl (C=O) groups excluding carboxylic acids is 1. The number of aryl methyl sites for hydroxylation is 1. The fraction of sp³-hybridized carbons (Fsp3) is 0.211. The molecular weight excluding hydrogens is 309 g/mol. The van der Waals surface area contributed by atoms with Gasteiger partial charge in [-0.3, -0.25) is 4.79 Å². The second kappa shape index (κ2) is 7.64. The molecule has 0 unspecified atom stereocenters. The smallest absolute Gasteiger partial charge is 0.220 e. The standard InChI is InChI=1S/C19H18FNO3/c20-16-6-2-1-5-14(16)9-10-19(22)21-13-15(17-7-3-11-23-17)18-8-4-12-24-18/h1-8,11-12,15H,9-10,13H2,(H,21,22). The average molecular weight is 327 g/mol. The van der Waals surface area contributed by atoms with Crippen LogP contribution in [0.4, 0.5) is 4.39 Å². The Morgan fingerprint density at radius 3 is 2.25 bits per heavy atom. The number of hydrogen-bond donors (Lipinski definition) is 1. The molecule has 4 nitrogen and oxygen atoms in total. The first-order valence-electron chi connectivity index (χ1n) is 7.81.